The summed E-state index contributed by atoms with van der Waals surface area (Å²) in [7, 11) is 1.60. The van der Waals surface area contributed by atoms with Gasteiger partial charge in [0.15, 0.2) is 0 Å². The molecule has 1 amide bonds. The van der Waals surface area contributed by atoms with Crippen LogP contribution in [0.2, 0.25) is 5.02 Å². The van der Waals surface area contributed by atoms with E-state index in [1.54, 1.807) is 31.3 Å². The number of rotatable bonds is 7. The maximum atomic E-state index is 12.6. The quantitative estimate of drug-likeness (QED) is 0.445. The van der Waals surface area contributed by atoms with Crippen LogP contribution in [0, 0.1) is 10.1 Å². The highest BCUT2D eigenvalue weighted by atomic mass is 35.5. The van der Waals surface area contributed by atoms with Gasteiger partial charge in [-0.1, -0.05) is 17.7 Å². The van der Waals surface area contributed by atoms with Gasteiger partial charge in [-0.3, -0.25) is 14.9 Å². The third-order valence-corrected chi connectivity index (χ3v) is 4.16. The fraction of sp³-hybridized carbons (Fsp3) is 0.167. The van der Waals surface area contributed by atoms with E-state index in [0.717, 1.165) is 0 Å². The zero-order chi connectivity index (χ0) is 20.1. The fourth-order valence-corrected chi connectivity index (χ4v) is 2.69. The number of aromatic nitrogens is 3. The highest BCUT2D eigenvalue weighted by molar-refractivity contribution is 6.30. The third kappa shape index (κ3) is 4.44. The highest BCUT2D eigenvalue weighted by Gasteiger charge is 2.21. The first kappa shape index (κ1) is 19.3. The monoisotopic (exact) mass is 401 g/mol. The standard InChI is InChI=1S/C18H16ClN5O4/c1-22(7-8-28-15-4-2-3-14(19)10-15)18(25)13-5-6-16(17(9-13)24(26)27)23-12-20-11-21-23/h2-6,9-12H,7-8H2,1H3. The molecule has 28 heavy (non-hydrogen) atoms. The number of halogens is 1. The summed E-state index contributed by atoms with van der Waals surface area (Å²) in [6.07, 6.45) is 2.62. The first-order chi connectivity index (χ1) is 13.5. The molecule has 10 heteroatoms. The highest BCUT2D eigenvalue weighted by Crippen LogP contribution is 2.24. The Bertz CT molecular complexity index is 993. The van der Waals surface area contributed by atoms with E-state index in [2.05, 4.69) is 10.1 Å². The van der Waals surface area contributed by atoms with Crippen molar-refractivity contribution in [1.82, 2.24) is 19.7 Å². The number of nitro benzene ring substituents is 1. The van der Waals surface area contributed by atoms with Gasteiger partial charge in [0.2, 0.25) is 0 Å². The van der Waals surface area contributed by atoms with Gasteiger partial charge < -0.3 is 9.64 Å². The van der Waals surface area contributed by atoms with Crippen LogP contribution < -0.4 is 4.74 Å². The molecule has 9 nitrogen and oxygen atoms in total. The Morgan fingerprint density at radius 2 is 2.14 bits per heavy atom. The lowest BCUT2D eigenvalue weighted by Gasteiger charge is -2.18. The van der Waals surface area contributed by atoms with Crippen molar-refractivity contribution in [2.24, 2.45) is 0 Å². The summed E-state index contributed by atoms with van der Waals surface area (Å²) in [5.74, 6) is 0.240. The number of benzene rings is 2. The predicted molar refractivity (Wildman–Crippen MR) is 102 cm³/mol. The zero-order valence-corrected chi connectivity index (χ0v) is 15.6. The van der Waals surface area contributed by atoms with Crippen molar-refractivity contribution >= 4 is 23.2 Å². The molecular formula is C18H16ClN5O4. The molecule has 0 aliphatic rings. The van der Waals surface area contributed by atoms with Gasteiger partial charge in [-0.05, 0) is 30.3 Å². The lowest BCUT2D eigenvalue weighted by atomic mass is 10.1. The van der Waals surface area contributed by atoms with Crippen LogP contribution in [0.1, 0.15) is 10.4 Å². The summed E-state index contributed by atoms with van der Waals surface area (Å²) in [6, 6.07) is 11.2. The summed E-state index contributed by atoms with van der Waals surface area (Å²) in [5.41, 5.74) is 0.187. The number of nitro groups is 1. The molecule has 0 atom stereocenters. The van der Waals surface area contributed by atoms with Crippen LogP contribution in [0.5, 0.6) is 5.75 Å². The molecular weight excluding hydrogens is 386 g/mol. The van der Waals surface area contributed by atoms with E-state index in [0.29, 0.717) is 17.3 Å². The molecule has 0 saturated carbocycles. The summed E-state index contributed by atoms with van der Waals surface area (Å²) >= 11 is 5.90. The van der Waals surface area contributed by atoms with E-state index in [1.165, 1.54) is 40.4 Å². The summed E-state index contributed by atoms with van der Waals surface area (Å²) in [4.78, 5) is 28.7. The van der Waals surface area contributed by atoms with E-state index in [9.17, 15) is 14.9 Å². The maximum absolute atomic E-state index is 12.6. The van der Waals surface area contributed by atoms with Crippen molar-refractivity contribution in [2.75, 3.05) is 20.2 Å². The van der Waals surface area contributed by atoms with Gasteiger partial charge in [0.25, 0.3) is 11.6 Å². The molecule has 0 saturated heterocycles. The Morgan fingerprint density at radius 1 is 1.32 bits per heavy atom. The number of carbonyl (C=O) groups excluding carboxylic acids is 1. The van der Waals surface area contributed by atoms with Crippen molar-refractivity contribution in [1.29, 1.82) is 0 Å². The third-order valence-electron chi connectivity index (χ3n) is 3.92. The van der Waals surface area contributed by atoms with Crippen LogP contribution in [-0.4, -0.2) is 50.7 Å². The summed E-state index contributed by atoms with van der Waals surface area (Å²) in [6.45, 7) is 0.547. The normalized spacial score (nSPS) is 10.5. The van der Waals surface area contributed by atoms with Crippen molar-refractivity contribution in [3.05, 3.63) is 75.8 Å². The molecule has 2 aromatic carbocycles. The van der Waals surface area contributed by atoms with Crippen molar-refractivity contribution in [3.63, 3.8) is 0 Å². The minimum absolute atomic E-state index is 0.195. The van der Waals surface area contributed by atoms with Gasteiger partial charge in [-0.15, -0.1) is 0 Å². The molecule has 0 aliphatic carbocycles. The predicted octanol–water partition coefficient (Wildman–Crippen LogP) is 2.98. The number of hydrogen-bond donors (Lipinski definition) is 0. The largest absolute Gasteiger partial charge is 0.492 e. The van der Waals surface area contributed by atoms with Crippen molar-refractivity contribution < 1.29 is 14.5 Å². The van der Waals surface area contributed by atoms with Gasteiger partial charge >= 0.3 is 0 Å². The fourth-order valence-electron chi connectivity index (χ4n) is 2.51. The number of ether oxygens (including phenoxy) is 1. The van der Waals surface area contributed by atoms with Crippen LogP contribution >= 0.6 is 11.6 Å². The summed E-state index contributed by atoms with van der Waals surface area (Å²) < 4.78 is 6.84. The molecule has 1 heterocycles. The van der Waals surface area contributed by atoms with E-state index in [4.69, 9.17) is 16.3 Å². The summed E-state index contributed by atoms with van der Waals surface area (Å²) in [5, 5.41) is 15.9. The Balaban J connectivity index is 1.69. The van der Waals surface area contributed by atoms with Crippen LogP contribution in [0.4, 0.5) is 5.69 Å². The van der Waals surface area contributed by atoms with Crippen LogP contribution in [-0.2, 0) is 0 Å². The van der Waals surface area contributed by atoms with E-state index in [1.807, 2.05) is 0 Å². The average molecular weight is 402 g/mol. The number of nitrogens with zero attached hydrogens (tertiary/aromatic N) is 5. The molecule has 0 N–H and O–H groups in total. The SMILES string of the molecule is CN(CCOc1cccc(Cl)c1)C(=O)c1ccc(-n2cncn2)c([N+](=O)[O-])c1. The lowest BCUT2D eigenvalue weighted by molar-refractivity contribution is -0.384. The first-order valence-electron chi connectivity index (χ1n) is 8.23. The number of hydrogen-bond acceptors (Lipinski definition) is 6. The first-order valence-corrected chi connectivity index (χ1v) is 8.61. The molecule has 3 rings (SSSR count). The van der Waals surface area contributed by atoms with Gasteiger partial charge in [0.05, 0.1) is 11.5 Å². The molecule has 3 aromatic rings. The second-order valence-electron chi connectivity index (χ2n) is 5.83. The minimum atomic E-state index is -0.559. The van der Waals surface area contributed by atoms with Crippen LogP contribution in [0.3, 0.4) is 0 Å². The molecule has 0 fully saturated rings. The van der Waals surface area contributed by atoms with E-state index < -0.39 is 4.92 Å². The van der Waals surface area contributed by atoms with Crippen molar-refractivity contribution in [3.8, 4) is 11.4 Å². The molecule has 0 aliphatic heterocycles. The molecule has 0 bridgehead atoms. The van der Waals surface area contributed by atoms with Crippen molar-refractivity contribution in [2.45, 2.75) is 0 Å². The number of carbonyl (C=O) groups is 1. The van der Waals surface area contributed by atoms with Crippen LogP contribution in [0.15, 0.2) is 55.1 Å². The van der Waals surface area contributed by atoms with Crippen LogP contribution in [0.25, 0.3) is 5.69 Å². The molecule has 0 spiro atoms. The second-order valence-corrected chi connectivity index (χ2v) is 6.27. The topological polar surface area (TPSA) is 103 Å². The number of likely N-dealkylation sites (N-methyl/N-ethyl adjacent to an activating group) is 1. The van der Waals surface area contributed by atoms with E-state index >= 15 is 0 Å². The Kier molecular flexibility index (Phi) is 5.85. The molecule has 0 radical (unpaired) electrons. The second kappa shape index (κ2) is 8.49. The average Bonchev–Trinajstić information content (AvgIpc) is 3.21. The Labute approximate surface area is 165 Å². The van der Waals surface area contributed by atoms with Gasteiger partial charge in [0, 0.05) is 23.7 Å². The zero-order valence-electron chi connectivity index (χ0n) is 14.9. The van der Waals surface area contributed by atoms with E-state index in [-0.39, 0.29) is 29.5 Å². The molecule has 1 aromatic heterocycles. The number of amides is 1. The van der Waals surface area contributed by atoms with Gasteiger partial charge in [-0.25, -0.2) is 9.67 Å². The van der Waals surface area contributed by atoms with Gasteiger partial charge in [-0.2, -0.15) is 5.10 Å². The molecule has 144 valence electrons. The lowest BCUT2D eigenvalue weighted by Crippen LogP contribution is -2.31. The smallest absolute Gasteiger partial charge is 0.295 e. The van der Waals surface area contributed by atoms with Gasteiger partial charge in [0.1, 0.15) is 30.7 Å². The minimum Gasteiger partial charge on any atom is -0.492 e. The molecule has 0 unspecified atom stereocenters. The Hall–Kier alpha value is -3.46. The Morgan fingerprint density at radius 3 is 2.82 bits per heavy atom. The maximum Gasteiger partial charge on any atom is 0.295 e.